The lowest BCUT2D eigenvalue weighted by Crippen LogP contribution is -2.35. The second-order valence-electron chi connectivity index (χ2n) is 5.93. The van der Waals surface area contributed by atoms with Crippen LogP contribution in [0.4, 0.5) is 5.69 Å². The fourth-order valence-corrected chi connectivity index (χ4v) is 3.23. The van der Waals surface area contributed by atoms with Crippen molar-refractivity contribution in [3.63, 3.8) is 0 Å². The smallest absolute Gasteiger partial charge is 0.336 e. The van der Waals surface area contributed by atoms with Gasteiger partial charge in [-0.2, -0.15) is 0 Å². The van der Waals surface area contributed by atoms with Crippen molar-refractivity contribution in [1.82, 2.24) is 4.90 Å². The van der Waals surface area contributed by atoms with Crippen molar-refractivity contribution >= 4 is 17.6 Å². The van der Waals surface area contributed by atoms with Crippen LogP contribution in [-0.2, 0) is 19.1 Å². The molecule has 0 aliphatic carbocycles. The molecule has 27 heavy (non-hydrogen) atoms. The van der Waals surface area contributed by atoms with Gasteiger partial charge in [-0.25, -0.2) is 9.59 Å². The molecule has 1 aliphatic heterocycles. The predicted molar refractivity (Wildman–Crippen MR) is 94.6 cm³/mol. The molecule has 0 saturated heterocycles. The van der Waals surface area contributed by atoms with Crippen LogP contribution in [0.15, 0.2) is 46.8 Å². The number of benzene rings is 1. The fourth-order valence-electron chi connectivity index (χ4n) is 3.23. The Balaban J connectivity index is 2.79. The highest BCUT2D eigenvalue weighted by Gasteiger charge is 2.40. The number of nitrogens with zero attached hydrogens (tertiary/aromatic N) is 2. The number of esters is 1. The third-order valence-corrected chi connectivity index (χ3v) is 4.47. The van der Waals surface area contributed by atoms with Crippen LogP contribution in [0.25, 0.3) is 0 Å². The van der Waals surface area contributed by atoms with E-state index in [2.05, 4.69) is 0 Å². The Morgan fingerprint density at radius 2 is 1.85 bits per heavy atom. The van der Waals surface area contributed by atoms with Crippen molar-refractivity contribution < 1.29 is 29.1 Å². The molecular weight excluding hydrogens is 356 g/mol. The van der Waals surface area contributed by atoms with Crippen LogP contribution < -0.4 is 0 Å². The van der Waals surface area contributed by atoms with Gasteiger partial charge in [0.05, 0.1) is 29.1 Å². The molecule has 0 spiro atoms. The molecule has 2 rings (SSSR count). The van der Waals surface area contributed by atoms with Gasteiger partial charge in [-0.1, -0.05) is 12.1 Å². The first-order valence-electron chi connectivity index (χ1n) is 7.98. The number of methoxy groups -OCH3 is 2. The number of aliphatic carboxylic acids is 1. The molecule has 0 saturated carbocycles. The van der Waals surface area contributed by atoms with Gasteiger partial charge < -0.3 is 19.5 Å². The zero-order valence-corrected chi connectivity index (χ0v) is 15.4. The SMILES string of the molecule is COCN1C(C)=C(C(=O)O)C(c2cccc([N+](=O)[O-])c2)C(C(=O)OC)=C1C. The van der Waals surface area contributed by atoms with Gasteiger partial charge in [-0.15, -0.1) is 0 Å². The van der Waals surface area contributed by atoms with E-state index in [0.717, 1.165) is 0 Å². The molecule has 144 valence electrons. The number of carboxylic acids is 1. The minimum Gasteiger partial charge on any atom is -0.478 e. The van der Waals surface area contributed by atoms with Crippen LogP contribution in [0, 0.1) is 10.1 Å². The Kier molecular flexibility index (Phi) is 5.96. The van der Waals surface area contributed by atoms with Crippen LogP contribution >= 0.6 is 0 Å². The van der Waals surface area contributed by atoms with E-state index in [0.29, 0.717) is 17.0 Å². The normalized spacial score (nSPS) is 17.2. The number of allylic oxidation sites excluding steroid dienone is 2. The molecule has 0 fully saturated rings. The largest absolute Gasteiger partial charge is 0.478 e. The van der Waals surface area contributed by atoms with Crippen molar-refractivity contribution in [3.05, 3.63) is 62.5 Å². The number of non-ortho nitro benzene ring substituents is 1. The van der Waals surface area contributed by atoms with Gasteiger partial charge in [-0.3, -0.25) is 10.1 Å². The maximum Gasteiger partial charge on any atom is 0.336 e. The average molecular weight is 376 g/mol. The van der Waals surface area contributed by atoms with Gasteiger partial charge >= 0.3 is 11.9 Å². The van der Waals surface area contributed by atoms with Crippen molar-refractivity contribution in [2.45, 2.75) is 19.8 Å². The van der Waals surface area contributed by atoms with Crippen LogP contribution in [0.3, 0.4) is 0 Å². The summed E-state index contributed by atoms with van der Waals surface area (Å²) in [6.45, 7) is 3.29. The first kappa shape index (κ1) is 20.1. The molecule has 9 heteroatoms. The molecule has 0 radical (unpaired) electrons. The third-order valence-electron chi connectivity index (χ3n) is 4.47. The minimum atomic E-state index is -1.24. The molecule has 9 nitrogen and oxygen atoms in total. The van der Waals surface area contributed by atoms with Crippen molar-refractivity contribution in [2.24, 2.45) is 0 Å². The van der Waals surface area contributed by atoms with Gasteiger partial charge in [0.2, 0.25) is 0 Å². The molecule has 1 N–H and O–H groups in total. The summed E-state index contributed by atoms with van der Waals surface area (Å²) in [5.74, 6) is -2.96. The quantitative estimate of drug-likeness (QED) is 0.457. The lowest BCUT2D eigenvalue weighted by atomic mass is 9.79. The number of nitro groups is 1. The number of carbonyl (C=O) groups is 2. The summed E-state index contributed by atoms with van der Waals surface area (Å²) in [7, 11) is 2.64. The summed E-state index contributed by atoms with van der Waals surface area (Å²) in [5.41, 5.74) is 0.985. The first-order valence-corrected chi connectivity index (χ1v) is 7.98. The Labute approximate surface area is 155 Å². The maximum absolute atomic E-state index is 12.5. The summed E-state index contributed by atoms with van der Waals surface area (Å²) in [5, 5.41) is 21.0. The number of carboxylic acid groups (broad SMARTS) is 1. The topological polar surface area (TPSA) is 119 Å². The van der Waals surface area contributed by atoms with E-state index in [4.69, 9.17) is 9.47 Å². The number of rotatable bonds is 6. The lowest BCUT2D eigenvalue weighted by molar-refractivity contribution is -0.384. The molecule has 1 heterocycles. The average Bonchev–Trinajstić information content (AvgIpc) is 2.63. The van der Waals surface area contributed by atoms with Gasteiger partial charge in [0.15, 0.2) is 0 Å². The zero-order chi connectivity index (χ0) is 20.3. The second kappa shape index (κ2) is 8.00. The van der Waals surface area contributed by atoms with Crippen LogP contribution in [0.2, 0.25) is 0 Å². The molecule has 1 aromatic rings. The Bertz CT molecular complexity index is 857. The molecular formula is C18H20N2O7. The zero-order valence-electron chi connectivity index (χ0n) is 15.4. The molecule has 1 atom stereocenters. The summed E-state index contributed by atoms with van der Waals surface area (Å²) in [6, 6.07) is 5.57. The molecule has 0 bridgehead atoms. The molecule has 0 amide bonds. The van der Waals surface area contributed by atoms with Crippen molar-refractivity contribution in [3.8, 4) is 0 Å². The van der Waals surface area contributed by atoms with Crippen LogP contribution in [-0.4, -0.2) is 47.8 Å². The lowest BCUT2D eigenvalue weighted by Gasteiger charge is -2.36. The van der Waals surface area contributed by atoms with Crippen molar-refractivity contribution in [2.75, 3.05) is 21.0 Å². The van der Waals surface area contributed by atoms with Gasteiger partial charge in [0.25, 0.3) is 5.69 Å². The first-order chi connectivity index (χ1) is 12.7. The van der Waals surface area contributed by atoms with Gasteiger partial charge in [0.1, 0.15) is 6.73 Å². The number of carbonyl (C=O) groups excluding carboxylic acids is 1. The standard InChI is InChI=1S/C18H20N2O7/c1-10-14(17(21)22)16(12-6-5-7-13(8-12)20(24)25)15(18(23)27-4)11(2)19(10)9-26-3/h5-8,16H,9H2,1-4H3,(H,21,22). The monoisotopic (exact) mass is 376 g/mol. The highest BCUT2D eigenvalue weighted by molar-refractivity contribution is 5.99. The fraction of sp³-hybridized carbons (Fsp3) is 0.333. The molecule has 0 aromatic heterocycles. The van der Waals surface area contributed by atoms with E-state index < -0.39 is 22.8 Å². The maximum atomic E-state index is 12.5. The predicted octanol–water partition coefficient (Wildman–Crippen LogP) is 2.40. The second-order valence-corrected chi connectivity index (χ2v) is 5.93. The minimum absolute atomic E-state index is 0.0383. The Morgan fingerprint density at radius 3 is 2.37 bits per heavy atom. The molecule has 1 unspecified atom stereocenters. The summed E-state index contributed by atoms with van der Waals surface area (Å²) in [4.78, 5) is 36.7. The van der Waals surface area contributed by atoms with E-state index in [1.54, 1.807) is 24.8 Å². The summed E-state index contributed by atoms with van der Waals surface area (Å²) in [6.07, 6.45) is 0. The number of ether oxygens (including phenoxy) is 2. The van der Waals surface area contributed by atoms with E-state index in [9.17, 15) is 24.8 Å². The summed E-state index contributed by atoms with van der Waals surface area (Å²) < 4.78 is 9.99. The van der Waals surface area contributed by atoms with E-state index in [-0.39, 0.29) is 23.6 Å². The van der Waals surface area contributed by atoms with Gasteiger partial charge in [0, 0.05) is 30.6 Å². The van der Waals surface area contributed by atoms with Crippen LogP contribution in [0.1, 0.15) is 25.3 Å². The third kappa shape index (κ3) is 3.68. The number of hydrogen-bond donors (Lipinski definition) is 1. The summed E-state index contributed by atoms with van der Waals surface area (Å²) >= 11 is 0. The Hall–Kier alpha value is -3.20. The number of hydrogen-bond acceptors (Lipinski definition) is 7. The van der Waals surface area contributed by atoms with E-state index in [1.165, 1.54) is 32.4 Å². The molecule has 1 aliphatic rings. The van der Waals surface area contributed by atoms with Crippen molar-refractivity contribution in [1.29, 1.82) is 0 Å². The van der Waals surface area contributed by atoms with Crippen LogP contribution in [0.5, 0.6) is 0 Å². The van der Waals surface area contributed by atoms with E-state index >= 15 is 0 Å². The van der Waals surface area contributed by atoms with E-state index in [1.807, 2.05) is 0 Å². The molecule has 1 aromatic carbocycles. The van der Waals surface area contributed by atoms with Gasteiger partial charge in [-0.05, 0) is 19.4 Å². The Morgan fingerprint density at radius 1 is 1.22 bits per heavy atom. The highest BCUT2D eigenvalue weighted by atomic mass is 16.6. The highest BCUT2D eigenvalue weighted by Crippen LogP contribution is 2.42. The number of nitro benzene ring substituents is 1.